The molecule has 0 aliphatic rings. The van der Waals surface area contributed by atoms with Crippen molar-refractivity contribution in [2.75, 3.05) is 0 Å². The average molecular weight is 328 g/mol. The van der Waals surface area contributed by atoms with Crippen LogP contribution in [-0.4, -0.2) is 14.3 Å². The van der Waals surface area contributed by atoms with E-state index in [2.05, 4.69) is 20.8 Å². The first-order valence-electron chi connectivity index (χ1n) is 9.18. The van der Waals surface area contributed by atoms with E-state index < -0.39 is 14.3 Å². The van der Waals surface area contributed by atoms with Gasteiger partial charge in [-0.25, -0.2) is 0 Å². The third kappa shape index (κ3) is 14.8. The number of unbranched alkanes of at least 4 members (excludes halogenated alkanes) is 9. The third-order valence-corrected chi connectivity index (χ3v) is 10.8. The molecule has 0 saturated carbocycles. The minimum atomic E-state index is -0.643. The molecule has 0 fully saturated rings. The third-order valence-electron chi connectivity index (χ3n) is 4.15. The van der Waals surface area contributed by atoms with Crippen LogP contribution in [0.3, 0.4) is 0 Å². The monoisotopic (exact) mass is 329 g/mol. The van der Waals surface area contributed by atoms with Gasteiger partial charge in [-0.3, -0.25) is 0 Å². The molecule has 0 aliphatic carbocycles. The van der Waals surface area contributed by atoms with Gasteiger partial charge >= 0.3 is 128 Å². The molecule has 0 spiro atoms. The van der Waals surface area contributed by atoms with Gasteiger partial charge in [0.05, 0.1) is 0 Å². The fourth-order valence-electron chi connectivity index (χ4n) is 2.78. The van der Waals surface area contributed by atoms with Gasteiger partial charge in [-0.15, -0.1) is 0 Å². The van der Waals surface area contributed by atoms with Gasteiger partial charge in [-0.05, 0) is 0 Å². The van der Waals surface area contributed by atoms with E-state index in [1.54, 1.807) is 35.0 Å². The predicted molar refractivity (Wildman–Crippen MR) is 92.6 cm³/mol. The maximum atomic E-state index is 2.33. The van der Waals surface area contributed by atoms with Crippen molar-refractivity contribution < 1.29 is 0 Å². The molecule has 0 aromatic heterocycles. The van der Waals surface area contributed by atoms with Crippen LogP contribution in [0.5, 0.6) is 0 Å². The summed E-state index contributed by atoms with van der Waals surface area (Å²) in [4.78, 5) is 0. The molecule has 1 heteroatoms. The molecule has 0 aliphatic heterocycles. The predicted octanol–water partition coefficient (Wildman–Crippen LogP) is 7.22. The van der Waals surface area contributed by atoms with Crippen LogP contribution in [0.15, 0.2) is 0 Å². The van der Waals surface area contributed by atoms with E-state index in [4.69, 9.17) is 0 Å². The van der Waals surface area contributed by atoms with Crippen LogP contribution in [0.25, 0.3) is 0 Å². The van der Waals surface area contributed by atoms with Crippen LogP contribution in [-0.2, 0) is 0 Å². The van der Waals surface area contributed by atoms with E-state index in [0.717, 1.165) is 0 Å². The second kappa shape index (κ2) is 16.6. The zero-order valence-electron chi connectivity index (χ0n) is 14.1. The topological polar surface area (TPSA) is 0 Å². The number of hydrogen-bond acceptors (Lipinski definition) is 0. The molecule has 0 aromatic carbocycles. The van der Waals surface area contributed by atoms with E-state index in [9.17, 15) is 0 Å². The molecule has 0 nitrogen and oxygen atoms in total. The molecular weight excluding hydrogens is 289 g/mol. The number of rotatable bonds is 15. The standard InChI is InChI=1S/C18H39Ge/c1-4-7-10-13-16-19(17-14-11-8-5-2)18-15-12-9-6-3/h4-18H2,1-3H3. The van der Waals surface area contributed by atoms with E-state index in [0.29, 0.717) is 0 Å². The SMILES string of the molecule is CCCCC[CH2][Ge]([CH2]CCCCC)[CH2]CCCCC. The van der Waals surface area contributed by atoms with Crippen LogP contribution in [0.1, 0.15) is 97.8 Å². The Morgan fingerprint density at radius 1 is 0.421 bits per heavy atom. The summed E-state index contributed by atoms with van der Waals surface area (Å²) in [7, 11) is 0. The van der Waals surface area contributed by atoms with E-state index in [1.807, 2.05) is 0 Å². The summed E-state index contributed by atoms with van der Waals surface area (Å²) >= 11 is -0.643. The Kier molecular flexibility index (Phi) is 17.1. The first-order valence-corrected chi connectivity index (χ1v) is 13.6. The zero-order chi connectivity index (χ0) is 14.2. The molecule has 0 unspecified atom stereocenters. The van der Waals surface area contributed by atoms with Gasteiger partial charge in [0.25, 0.3) is 0 Å². The van der Waals surface area contributed by atoms with Crippen molar-refractivity contribution in [3.05, 3.63) is 0 Å². The molecule has 0 rings (SSSR count). The second-order valence-corrected chi connectivity index (χ2v) is 12.5. The fraction of sp³-hybridized carbons (Fsp3) is 1.00. The summed E-state index contributed by atoms with van der Waals surface area (Å²) in [5, 5.41) is 5.04. The van der Waals surface area contributed by atoms with E-state index in [1.165, 1.54) is 57.8 Å². The molecule has 0 bridgehead atoms. The molecular formula is C18H39Ge. The number of hydrogen-bond donors (Lipinski definition) is 0. The van der Waals surface area contributed by atoms with Crippen molar-refractivity contribution in [1.82, 2.24) is 0 Å². The van der Waals surface area contributed by atoms with Crippen molar-refractivity contribution in [3.63, 3.8) is 0 Å². The molecule has 0 amide bonds. The zero-order valence-corrected chi connectivity index (χ0v) is 16.2. The van der Waals surface area contributed by atoms with Crippen LogP contribution in [0, 0.1) is 0 Å². The van der Waals surface area contributed by atoms with Crippen LogP contribution in [0.4, 0.5) is 0 Å². The van der Waals surface area contributed by atoms with Gasteiger partial charge in [0.2, 0.25) is 0 Å². The Morgan fingerprint density at radius 3 is 1.00 bits per heavy atom. The van der Waals surface area contributed by atoms with E-state index >= 15 is 0 Å². The van der Waals surface area contributed by atoms with Crippen molar-refractivity contribution in [1.29, 1.82) is 0 Å². The van der Waals surface area contributed by atoms with Crippen LogP contribution >= 0.6 is 0 Å². The quantitative estimate of drug-likeness (QED) is 0.220. The van der Waals surface area contributed by atoms with Crippen molar-refractivity contribution in [2.24, 2.45) is 0 Å². The minimum absolute atomic E-state index is 0.643. The van der Waals surface area contributed by atoms with Gasteiger partial charge in [0.15, 0.2) is 0 Å². The normalized spacial score (nSPS) is 11.4. The molecule has 0 aromatic rings. The van der Waals surface area contributed by atoms with Gasteiger partial charge in [0, 0.05) is 0 Å². The van der Waals surface area contributed by atoms with Gasteiger partial charge in [-0.2, -0.15) is 0 Å². The van der Waals surface area contributed by atoms with Crippen molar-refractivity contribution >= 4 is 14.3 Å². The Morgan fingerprint density at radius 2 is 0.737 bits per heavy atom. The van der Waals surface area contributed by atoms with Crippen LogP contribution < -0.4 is 0 Å². The first kappa shape index (κ1) is 19.5. The van der Waals surface area contributed by atoms with Crippen molar-refractivity contribution in [3.8, 4) is 0 Å². The molecule has 0 saturated heterocycles. The summed E-state index contributed by atoms with van der Waals surface area (Å²) in [5.41, 5.74) is 0. The fourth-order valence-corrected chi connectivity index (χ4v) is 9.07. The average Bonchev–Trinajstić information content (AvgIpc) is 2.43. The summed E-state index contributed by atoms with van der Waals surface area (Å²) in [6.45, 7) is 6.98. The first-order chi connectivity index (χ1) is 9.35. The second-order valence-electron chi connectivity index (χ2n) is 6.18. The van der Waals surface area contributed by atoms with E-state index in [-0.39, 0.29) is 0 Å². The molecule has 0 N–H and O–H groups in total. The Bertz CT molecular complexity index is 127. The summed E-state index contributed by atoms with van der Waals surface area (Å²) in [6, 6.07) is 0. The Labute approximate surface area is 128 Å². The summed E-state index contributed by atoms with van der Waals surface area (Å²) < 4.78 is 0. The molecule has 115 valence electrons. The van der Waals surface area contributed by atoms with Crippen molar-refractivity contribution in [2.45, 2.75) is 114 Å². The molecule has 0 heterocycles. The molecule has 19 heavy (non-hydrogen) atoms. The Hall–Kier alpha value is 0.543. The molecule has 0 atom stereocenters. The maximum absolute atomic E-state index is 2.33. The summed E-state index contributed by atoms with van der Waals surface area (Å²) in [6.07, 6.45) is 17.8. The summed E-state index contributed by atoms with van der Waals surface area (Å²) in [5.74, 6) is 0. The molecule has 1 radical (unpaired) electrons. The Balaban J connectivity index is 3.66. The van der Waals surface area contributed by atoms with Gasteiger partial charge in [-0.1, -0.05) is 0 Å². The van der Waals surface area contributed by atoms with Crippen LogP contribution in [0.2, 0.25) is 15.8 Å². The van der Waals surface area contributed by atoms with Gasteiger partial charge < -0.3 is 0 Å². The van der Waals surface area contributed by atoms with Gasteiger partial charge in [0.1, 0.15) is 0 Å².